The number of carbonyl (C=O) groups excluding carboxylic acids is 1. The van der Waals surface area contributed by atoms with Gasteiger partial charge in [-0.25, -0.2) is 9.97 Å². The third kappa shape index (κ3) is 3.13. The summed E-state index contributed by atoms with van der Waals surface area (Å²) in [6.07, 6.45) is 5.43. The van der Waals surface area contributed by atoms with E-state index in [1.54, 1.807) is 11.3 Å². The molecule has 0 aromatic carbocycles. The van der Waals surface area contributed by atoms with E-state index in [1.807, 2.05) is 13.8 Å². The molecular weight excluding hydrogens is 352 g/mol. The second-order valence-corrected chi connectivity index (χ2v) is 9.09. The minimum Gasteiger partial charge on any atom is -0.337 e. The number of hydrogen-bond acceptors (Lipinski definition) is 6. The first-order valence-corrected chi connectivity index (χ1v) is 10.4. The van der Waals surface area contributed by atoms with Gasteiger partial charge in [0, 0.05) is 10.3 Å². The van der Waals surface area contributed by atoms with Gasteiger partial charge < -0.3 is 5.32 Å². The molecule has 25 heavy (non-hydrogen) atoms. The van der Waals surface area contributed by atoms with E-state index in [4.69, 9.17) is 0 Å². The van der Waals surface area contributed by atoms with Gasteiger partial charge in [-0.05, 0) is 57.4 Å². The lowest BCUT2D eigenvalue weighted by Crippen LogP contribution is -2.47. The van der Waals surface area contributed by atoms with Gasteiger partial charge in [0.25, 0.3) is 0 Å². The van der Waals surface area contributed by atoms with Crippen molar-refractivity contribution in [2.75, 3.05) is 5.75 Å². The summed E-state index contributed by atoms with van der Waals surface area (Å²) in [6, 6.07) is 2.27. The van der Waals surface area contributed by atoms with Crippen LogP contribution in [0.25, 0.3) is 10.2 Å². The summed E-state index contributed by atoms with van der Waals surface area (Å²) in [5, 5.41) is 14.4. The third-order valence-corrected chi connectivity index (χ3v) is 7.17. The number of nitrogens with zero attached hydrogens (tertiary/aromatic N) is 3. The van der Waals surface area contributed by atoms with Crippen LogP contribution in [0.4, 0.5) is 0 Å². The van der Waals surface area contributed by atoms with Crippen molar-refractivity contribution in [1.82, 2.24) is 15.3 Å². The van der Waals surface area contributed by atoms with Crippen molar-refractivity contribution in [2.24, 2.45) is 5.92 Å². The van der Waals surface area contributed by atoms with Crippen molar-refractivity contribution in [3.63, 3.8) is 0 Å². The topological polar surface area (TPSA) is 78.7 Å². The number of aromatic nitrogens is 2. The summed E-state index contributed by atoms with van der Waals surface area (Å²) in [5.41, 5.74) is 0.640. The molecule has 1 saturated carbocycles. The summed E-state index contributed by atoms with van der Waals surface area (Å²) >= 11 is 3.23. The smallest absolute Gasteiger partial charge is 0.231 e. The van der Waals surface area contributed by atoms with Gasteiger partial charge in [-0.15, -0.1) is 11.3 Å². The highest BCUT2D eigenvalue weighted by atomic mass is 32.2. The van der Waals surface area contributed by atoms with Crippen molar-refractivity contribution in [2.45, 2.75) is 56.5 Å². The largest absolute Gasteiger partial charge is 0.337 e. The van der Waals surface area contributed by atoms with Gasteiger partial charge in [0.05, 0.1) is 11.8 Å². The minimum absolute atomic E-state index is 0.0998. The first-order valence-electron chi connectivity index (χ1n) is 8.64. The lowest BCUT2D eigenvalue weighted by molar-refractivity contribution is -0.119. The Hall–Kier alpha value is -1.65. The van der Waals surface area contributed by atoms with Crippen molar-refractivity contribution < 1.29 is 4.79 Å². The van der Waals surface area contributed by atoms with Crippen molar-refractivity contribution in [3.8, 4) is 6.07 Å². The molecule has 5 nitrogen and oxygen atoms in total. The van der Waals surface area contributed by atoms with Crippen LogP contribution in [0.1, 0.15) is 42.5 Å². The number of thioether (sulfide) groups is 1. The van der Waals surface area contributed by atoms with Crippen LogP contribution in [0.3, 0.4) is 0 Å². The van der Waals surface area contributed by atoms with Gasteiger partial charge in [0.2, 0.25) is 5.91 Å². The van der Waals surface area contributed by atoms with Crippen molar-refractivity contribution in [1.29, 1.82) is 5.26 Å². The van der Waals surface area contributed by atoms with Gasteiger partial charge in [-0.1, -0.05) is 11.8 Å². The molecule has 0 unspecified atom stereocenters. The van der Waals surface area contributed by atoms with E-state index >= 15 is 0 Å². The zero-order valence-electron chi connectivity index (χ0n) is 14.4. The molecule has 130 valence electrons. The van der Waals surface area contributed by atoms with E-state index in [-0.39, 0.29) is 11.7 Å². The highest BCUT2D eigenvalue weighted by Crippen LogP contribution is 2.41. The summed E-state index contributed by atoms with van der Waals surface area (Å²) in [6.45, 7) is 3.72. The van der Waals surface area contributed by atoms with E-state index in [9.17, 15) is 10.1 Å². The Labute approximate surface area is 155 Å². The molecule has 7 heteroatoms. The molecule has 4 rings (SSSR count). The molecule has 2 aromatic rings. The SMILES string of the molecule is Cc1nc(SCC(=O)N[C@](C)(C#N)C2CC2)c2c3c(sc2n1)CCC3. The van der Waals surface area contributed by atoms with Crippen LogP contribution in [0.5, 0.6) is 0 Å². The number of nitrogens with one attached hydrogen (secondary N) is 1. The van der Waals surface area contributed by atoms with Crippen LogP contribution in [0.15, 0.2) is 5.03 Å². The number of aryl methyl sites for hydroxylation is 3. The van der Waals surface area contributed by atoms with Crippen LogP contribution in [-0.2, 0) is 17.6 Å². The number of amides is 1. The monoisotopic (exact) mass is 372 g/mol. The fourth-order valence-electron chi connectivity index (χ4n) is 3.51. The van der Waals surface area contributed by atoms with Gasteiger partial charge in [-0.2, -0.15) is 5.26 Å². The molecule has 1 N–H and O–H groups in total. The summed E-state index contributed by atoms with van der Waals surface area (Å²) in [4.78, 5) is 24.0. The second-order valence-electron chi connectivity index (χ2n) is 7.04. The number of carbonyl (C=O) groups is 1. The van der Waals surface area contributed by atoms with Crippen molar-refractivity contribution in [3.05, 3.63) is 16.3 Å². The molecule has 0 aliphatic heterocycles. The summed E-state index contributed by atoms with van der Waals surface area (Å²) in [5.74, 6) is 1.21. The summed E-state index contributed by atoms with van der Waals surface area (Å²) in [7, 11) is 0. The Morgan fingerprint density at radius 1 is 1.44 bits per heavy atom. The summed E-state index contributed by atoms with van der Waals surface area (Å²) < 4.78 is 0. The van der Waals surface area contributed by atoms with E-state index < -0.39 is 5.54 Å². The normalized spacial score (nSPS) is 18.6. The molecule has 2 aliphatic carbocycles. The fourth-order valence-corrected chi connectivity index (χ4v) is 5.78. The maximum absolute atomic E-state index is 12.4. The molecule has 2 heterocycles. The highest BCUT2D eigenvalue weighted by Gasteiger charge is 2.43. The van der Waals surface area contributed by atoms with Crippen LogP contribution in [0.2, 0.25) is 0 Å². The first kappa shape index (κ1) is 16.8. The quantitative estimate of drug-likeness (QED) is 0.643. The molecule has 0 radical (unpaired) electrons. The molecule has 1 fully saturated rings. The number of nitriles is 1. The van der Waals surface area contributed by atoms with E-state index in [0.29, 0.717) is 5.92 Å². The van der Waals surface area contributed by atoms with Gasteiger partial charge >= 0.3 is 0 Å². The first-order chi connectivity index (χ1) is 12.0. The maximum Gasteiger partial charge on any atom is 0.231 e. The Kier molecular flexibility index (Phi) is 4.20. The van der Waals surface area contributed by atoms with Gasteiger partial charge in [-0.3, -0.25) is 4.79 Å². The van der Waals surface area contributed by atoms with Crippen LogP contribution in [0, 0.1) is 24.2 Å². The third-order valence-electron chi connectivity index (χ3n) is 5.01. The van der Waals surface area contributed by atoms with E-state index in [2.05, 4.69) is 21.4 Å². The van der Waals surface area contributed by atoms with Crippen LogP contribution in [-0.4, -0.2) is 27.2 Å². The molecule has 0 bridgehead atoms. The molecule has 1 amide bonds. The number of rotatable bonds is 5. The van der Waals surface area contributed by atoms with E-state index in [1.165, 1.54) is 28.6 Å². The average molecular weight is 373 g/mol. The minimum atomic E-state index is -0.738. The van der Waals surface area contributed by atoms with Gasteiger partial charge in [0.1, 0.15) is 21.2 Å². The number of thiophene rings is 1. The van der Waals surface area contributed by atoms with Crippen LogP contribution < -0.4 is 5.32 Å². The zero-order chi connectivity index (χ0) is 17.6. The Balaban J connectivity index is 1.53. The van der Waals surface area contributed by atoms with Gasteiger partial charge in [0.15, 0.2) is 0 Å². The highest BCUT2D eigenvalue weighted by molar-refractivity contribution is 8.00. The standard InChI is InChI=1S/C18H20N4OS2/c1-10-20-16(15-12-4-3-5-13(12)25-17(15)21-10)24-8-14(23)22-18(2,9-19)11-6-7-11/h11H,3-8H2,1-2H3,(H,22,23)/t18-/m1/s1. The Morgan fingerprint density at radius 2 is 2.24 bits per heavy atom. The predicted molar refractivity (Wildman–Crippen MR) is 99.8 cm³/mol. The molecule has 0 spiro atoms. The molecule has 0 saturated heterocycles. The molecule has 1 atom stereocenters. The zero-order valence-corrected chi connectivity index (χ0v) is 16.0. The fraction of sp³-hybridized carbons (Fsp3) is 0.556. The average Bonchev–Trinajstić information content (AvgIpc) is 3.25. The predicted octanol–water partition coefficient (Wildman–Crippen LogP) is 3.39. The van der Waals surface area contributed by atoms with Crippen LogP contribution >= 0.6 is 23.1 Å². The van der Waals surface area contributed by atoms with Crippen molar-refractivity contribution >= 4 is 39.2 Å². The second kappa shape index (κ2) is 6.26. The van der Waals surface area contributed by atoms with E-state index in [0.717, 1.165) is 46.8 Å². The molecular formula is C18H20N4OS2. The lowest BCUT2D eigenvalue weighted by atomic mass is 9.98. The molecule has 2 aliphatic rings. The maximum atomic E-state index is 12.4. The Bertz CT molecular complexity index is 897. The molecule has 2 aromatic heterocycles. The number of hydrogen-bond donors (Lipinski definition) is 1. The lowest BCUT2D eigenvalue weighted by Gasteiger charge is -2.22. The number of fused-ring (bicyclic) bond motifs is 3. The Morgan fingerprint density at radius 3 is 2.96 bits per heavy atom.